The van der Waals surface area contributed by atoms with E-state index < -0.39 is 0 Å². The summed E-state index contributed by atoms with van der Waals surface area (Å²) in [7, 11) is 0. The van der Waals surface area contributed by atoms with Crippen molar-refractivity contribution < 1.29 is 9.59 Å². The van der Waals surface area contributed by atoms with Crippen molar-refractivity contribution in [3.05, 3.63) is 36.0 Å². The predicted octanol–water partition coefficient (Wildman–Crippen LogP) is 1.91. The van der Waals surface area contributed by atoms with Crippen molar-refractivity contribution in [2.45, 2.75) is 19.3 Å². The lowest BCUT2D eigenvalue weighted by molar-refractivity contribution is -0.129. The number of carbonyl (C=O) groups is 2. The first-order chi connectivity index (χ1) is 10.3. The SMILES string of the molecule is O=C(NCCC(=O)N1CCCC1)c1c[nH]c2ccccc12. The zero-order chi connectivity index (χ0) is 14.7. The minimum Gasteiger partial charge on any atom is -0.360 e. The molecule has 1 aliphatic heterocycles. The molecular weight excluding hydrogens is 266 g/mol. The molecule has 0 saturated carbocycles. The van der Waals surface area contributed by atoms with Gasteiger partial charge in [-0.3, -0.25) is 9.59 Å². The van der Waals surface area contributed by atoms with E-state index in [0.717, 1.165) is 36.8 Å². The highest BCUT2D eigenvalue weighted by molar-refractivity contribution is 6.06. The highest BCUT2D eigenvalue weighted by atomic mass is 16.2. The Morgan fingerprint density at radius 1 is 1.19 bits per heavy atom. The van der Waals surface area contributed by atoms with Crippen LogP contribution in [0.3, 0.4) is 0 Å². The summed E-state index contributed by atoms with van der Waals surface area (Å²) in [6, 6.07) is 7.68. The van der Waals surface area contributed by atoms with Gasteiger partial charge in [0.2, 0.25) is 5.91 Å². The maximum absolute atomic E-state index is 12.2. The molecule has 2 aromatic rings. The van der Waals surface area contributed by atoms with Crippen LogP contribution in [-0.2, 0) is 4.79 Å². The number of benzene rings is 1. The van der Waals surface area contributed by atoms with E-state index in [4.69, 9.17) is 0 Å². The van der Waals surface area contributed by atoms with Crippen LogP contribution in [0.2, 0.25) is 0 Å². The summed E-state index contributed by atoms with van der Waals surface area (Å²) in [5.74, 6) is -0.00611. The van der Waals surface area contributed by atoms with Gasteiger partial charge < -0.3 is 15.2 Å². The van der Waals surface area contributed by atoms with Crippen molar-refractivity contribution in [2.24, 2.45) is 0 Å². The van der Waals surface area contributed by atoms with E-state index in [2.05, 4.69) is 10.3 Å². The van der Waals surface area contributed by atoms with Crippen LogP contribution < -0.4 is 5.32 Å². The molecule has 0 atom stereocenters. The van der Waals surface area contributed by atoms with Gasteiger partial charge in [0, 0.05) is 43.2 Å². The van der Waals surface area contributed by atoms with Crippen LogP contribution in [0.15, 0.2) is 30.5 Å². The Labute approximate surface area is 123 Å². The van der Waals surface area contributed by atoms with Gasteiger partial charge in [0.15, 0.2) is 0 Å². The summed E-state index contributed by atoms with van der Waals surface area (Å²) < 4.78 is 0. The molecule has 1 aromatic heterocycles. The summed E-state index contributed by atoms with van der Waals surface area (Å²) >= 11 is 0. The molecule has 2 heterocycles. The molecule has 0 aliphatic carbocycles. The Morgan fingerprint density at radius 2 is 1.95 bits per heavy atom. The molecule has 0 unspecified atom stereocenters. The number of nitrogens with zero attached hydrogens (tertiary/aromatic N) is 1. The van der Waals surface area contributed by atoms with Gasteiger partial charge in [-0.25, -0.2) is 0 Å². The molecule has 5 nitrogen and oxygen atoms in total. The average molecular weight is 285 g/mol. The van der Waals surface area contributed by atoms with Crippen LogP contribution in [0.4, 0.5) is 0 Å². The van der Waals surface area contributed by atoms with Gasteiger partial charge in [0.1, 0.15) is 0 Å². The Bertz CT molecular complexity index is 656. The summed E-state index contributed by atoms with van der Waals surface area (Å²) in [6.07, 6.45) is 4.26. The predicted molar refractivity (Wildman–Crippen MR) is 81.1 cm³/mol. The standard InChI is InChI=1S/C16H19N3O2/c20-15(19-9-3-4-10-19)7-8-17-16(21)13-11-18-14-6-2-1-5-12(13)14/h1-2,5-6,11,18H,3-4,7-10H2,(H,17,21). The largest absolute Gasteiger partial charge is 0.360 e. The molecule has 3 rings (SSSR count). The molecule has 1 aromatic carbocycles. The van der Waals surface area contributed by atoms with E-state index in [1.807, 2.05) is 29.2 Å². The Kier molecular flexibility index (Phi) is 3.90. The van der Waals surface area contributed by atoms with Crippen LogP contribution in [0, 0.1) is 0 Å². The van der Waals surface area contributed by atoms with E-state index >= 15 is 0 Å². The lowest BCUT2D eigenvalue weighted by atomic mass is 10.1. The number of rotatable bonds is 4. The topological polar surface area (TPSA) is 65.2 Å². The number of carbonyl (C=O) groups excluding carboxylic acids is 2. The second-order valence-corrected chi connectivity index (χ2v) is 5.34. The van der Waals surface area contributed by atoms with E-state index in [1.165, 1.54) is 0 Å². The lowest BCUT2D eigenvalue weighted by Gasteiger charge is -2.15. The number of hydrogen-bond acceptors (Lipinski definition) is 2. The number of fused-ring (bicyclic) bond motifs is 1. The third kappa shape index (κ3) is 2.91. The summed E-state index contributed by atoms with van der Waals surface area (Å²) in [5.41, 5.74) is 1.56. The van der Waals surface area contributed by atoms with Crippen molar-refractivity contribution in [2.75, 3.05) is 19.6 Å². The van der Waals surface area contributed by atoms with Crippen molar-refractivity contribution in [3.8, 4) is 0 Å². The highest BCUT2D eigenvalue weighted by Crippen LogP contribution is 2.17. The number of aromatic nitrogens is 1. The number of hydrogen-bond donors (Lipinski definition) is 2. The fourth-order valence-corrected chi connectivity index (χ4v) is 2.76. The molecule has 1 fully saturated rings. The van der Waals surface area contributed by atoms with Gasteiger partial charge in [-0.2, -0.15) is 0 Å². The van der Waals surface area contributed by atoms with Crippen molar-refractivity contribution >= 4 is 22.7 Å². The van der Waals surface area contributed by atoms with Gasteiger partial charge in [-0.05, 0) is 18.9 Å². The summed E-state index contributed by atoms with van der Waals surface area (Å²) in [4.78, 5) is 29.0. The maximum atomic E-state index is 12.2. The monoisotopic (exact) mass is 285 g/mol. The van der Waals surface area contributed by atoms with Gasteiger partial charge in [-0.15, -0.1) is 0 Å². The van der Waals surface area contributed by atoms with E-state index in [-0.39, 0.29) is 11.8 Å². The Morgan fingerprint density at radius 3 is 2.76 bits per heavy atom. The molecular formula is C16H19N3O2. The number of nitrogens with one attached hydrogen (secondary N) is 2. The van der Waals surface area contributed by atoms with Crippen LogP contribution in [0.5, 0.6) is 0 Å². The molecule has 2 N–H and O–H groups in total. The fraction of sp³-hybridized carbons (Fsp3) is 0.375. The first-order valence-corrected chi connectivity index (χ1v) is 7.38. The normalized spacial score (nSPS) is 14.6. The number of para-hydroxylation sites is 1. The molecule has 110 valence electrons. The van der Waals surface area contributed by atoms with Gasteiger partial charge in [0.25, 0.3) is 5.91 Å². The third-order valence-electron chi connectivity index (χ3n) is 3.92. The molecule has 0 radical (unpaired) electrons. The average Bonchev–Trinajstić information content (AvgIpc) is 3.16. The van der Waals surface area contributed by atoms with Gasteiger partial charge in [0.05, 0.1) is 5.56 Å². The smallest absolute Gasteiger partial charge is 0.253 e. The number of likely N-dealkylation sites (tertiary alicyclic amines) is 1. The summed E-state index contributed by atoms with van der Waals surface area (Å²) in [6.45, 7) is 2.10. The Hall–Kier alpha value is -2.30. The van der Waals surface area contributed by atoms with Crippen LogP contribution in [-0.4, -0.2) is 41.3 Å². The third-order valence-corrected chi connectivity index (χ3v) is 3.92. The first-order valence-electron chi connectivity index (χ1n) is 7.38. The van der Waals surface area contributed by atoms with Crippen molar-refractivity contribution in [1.29, 1.82) is 0 Å². The molecule has 21 heavy (non-hydrogen) atoms. The van der Waals surface area contributed by atoms with Crippen molar-refractivity contribution in [1.82, 2.24) is 15.2 Å². The minimum atomic E-state index is -0.137. The van der Waals surface area contributed by atoms with Crippen LogP contribution >= 0.6 is 0 Å². The Balaban J connectivity index is 1.55. The molecule has 1 saturated heterocycles. The zero-order valence-corrected chi connectivity index (χ0v) is 11.9. The number of aromatic amines is 1. The number of amides is 2. The maximum Gasteiger partial charge on any atom is 0.253 e. The zero-order valence-electron chi connectivity index (χ0n) is 11.9. The fourth-order valence-electron chi connectivity index (χ4n) is 2.76. The first kappa shape index (κ1) is 13.7. The van der Waals surface area contributed by atoms with E-state index in [9.17, 15) is 9.59 Å². The van der Waals surface area contributed by atoms with Gasteiger partial charge >= 0.3 is 0 Å². The molecule has 0 spiro atoms. The number of H-pyrrole nitrogens is 1. The molecule has 1 aliphatic rings. The van der Waals surface area contributed by atoms with Crippen LogP contribution in [0.1, 0.15) is 29.6 Å². The lowest BCUT2D eigenvalue weighted by Crippen LogP contribution is -2.32. The minimum absolute atomic E-state index is 0.131. The van der Waals surface area contributed by atoms with Crippen LogP contribution in [0.25, 0.3) is 10.9 Å². The molecule has 5 heteroatoms. The quantitative estimate of drug-likeness (QED) is 0.901. The van der Waals surface area contributed by atoms with Crippen molar-refractivity contribution in [3.63, 3.8) is 0 Å². The van der Waals surface area contributed by atoms with Gasteiger partial charge in [-0.1, -0.05) is 18.2 Å². The highest BCUT2D eigenvalue weighted by Gasteiger charge is 2.18. The van der Waals surface area contributed by atoms with E-state index in [1.54, 1.807) is 6.20 Å². The summed E-state index contributed by atoms with van der Waals surface area (Å²) in [5, 5.41) is 3.73. The molecule has 0 bridgehead atoms. The molecule has 2 amide bonds. The second kappa shape index (κ2) is 5.99. The van der Waals surface area contributed by atoms with E-state index in [0.29, 0.717) is 18.5 Å². The second-order valence-electron chi connectivity index (χ2n) is 5.34.